The van der Waals surface area contributed by atoms with Crippen molar-refractivity contribution in [2.24, 2.45) is 5.92 Å². The van der Waals surface area contributed by atoms with Gasteiger partial charge < -0.3 is 5.32 Å². The molecule has 1 unspecified atom stereocenters. The zero-order chi connectivity index (χ0) is 12.4. The van der Waals surface area contributed by atoms with Gasteiger partial charge in [-0.15, -0.1) is 0 Å². The molecular formula is C14H18INO. The molecule has 0 saturated heterocycles. The first-order valence-electron chi connectivity index (χ1n) is 6.15. The van der Waals surface area contributed by atoms with Gasteiger partial charge in [0.25, 0.3) is 5.91 Å². The average Bonchev–Trinajstić information content (AvgIpc) is 2.19. The van der Waals surface area contributed by atoms with E-state index in [1.165, 1.54) is 19.3 Å². The number of hydrogen-bond donors (Lipinski definition) is 1. The minimum absolute atomic E-state index is 0.0671. The molecule has 0 aliphatic heterocycles. The number of benzene rings is 1. The van der Waals surface area contributed by atoms with Crippen molar-refractivity contribution in [1.82, 2.24) is 5.32 Å². The van der Waals surface area contributed by atoms with Crippen LogP contribution in [0.3, 0.4) is 0 Å². The molecular weight excluding hydrogens is 325 g/mol. The second-order valence-electron chi connectivity index (χ2n) is 4.89. The van der Waals surface area contributed by atoms with Crippen LogP contribution < -0.4 is 5.32 Å². The smallest absolute Gasteiger partial charge is 0.252 e. The number of rotatable bonds is 3. The summed E-state index contributed by atoms with van der Waals surface area (Å²) in [5.41, 5.74) is 1.96. The van der Waals surface area contributed by atoms with E-state index in [1.807, 2.05) is 25.1 Å². The molecule has 1 aromatic rings. The molecule has 1 saturated carbocycles. The molecule has 1 atom stereocenters. The molecule has 1 aliphatic rings. The van der Waals surface area contributed by atoms with E-state index in [0.717, 1.165) is 14.7 Å². The van der Waals surface area contributed by atoms with E-state index in [-0.39, 0.29) is 5.91 Å². The summed E-state index contributed by atoms with van der Waals surface area (Å²) in [6, 6.07) is 6.18. The zero-order valence-corrected chi connectivity index (χ0v) is 12.5. The normalized spacial score (nSPS) is 17.4. The topological polar surface area (TPSA) is 29.1 Å². The minimum Gasteiger partial charge on any atom is -0.349 e. The number of amides is 1. The lowest BCUT2D eigenvalue weighted by Crippen LogP contribution is -2.40. The summed E-state index contributed by atoms with van der Waals surface area (Å²) < 4.78 is 1.06. The largest absolute Gasteiger partial charge is 0.349 e. The lowest BCUT2D eigenvalue weighted by molar-refractivity contribution is 0.0908. The third-order valence-corrected chi connectivity index (χ3v) is 5.08. The monoisotopic (exact) mass is 343 g/mol. The lowest BCUT2D eigenvalue weighted by Gasteiger charge is -2.32. The summed E-state index contributed by atoms with van der Waals surface area (Å²) in [5, 5.41) is 3.12. The van der Waals surface area contributed by atoms with E-state index < -0.39 is 0 Å². The van der Waals surface area contributed by atoms with Gasteiger partial charge in [0.1, 0.15) is 0 Å². The molecule has 1 aliphatic carbocycles. The first-order chi connectivity index (χ1) is 8.09. The quantitative estimate of drug-likeness (QED) is 0.836. The maximum atomic E-state index is 12.2. The van der Waals surface area contributed by atoms with Gasteiger partial charge in [-0.3, -0.25) is 4.79 Å². The first kappa shape index (κ1) is 12.9. The van der Waals surface area contributed by atoms with Crippen molar-refractivity contribution in [2.75, 3.05) is 0 Å². The van der Waals surface area contributed by atoms with Crippen molar-refractivity contribution in [2.45, 2.75) is 39.2 Å². The molecule has 1 amide bonds. The fraction of sp³-hybridized carbons (Fsp3) is 0.500. The van der Waals surface area contributed by atoms with Crippen LogP contribution in [0.5, 0.6) is 0 Å². The van der Waals surface area contributed by atoms with E-state index in [4.69, 9.17) is 0 Å². The Morgan fingerprint density at radius 3 is 2.76 bits per heavy atom. The van der Waals surface area contributed by atoms with Crippen LogP contribution in [0.25, 0.3) is 0 Å². The Kier molecular flexibility index (Phi) is 4.07. The summed E-state index contributed by atoms with van der Waals surface area (Å²) >= 11 is 2.25. The molecule has 1 N–H and O–H groups in total. The number of hydrogen-bond acceptors (Lipinski definition) is 1. The highest BCUT2D eigenvalue weighted by Gasteiger charge is 2.25. The van der Waals surface area contributed by atoms with Crippen molar-refractivity contribution in [3.63, 3.8) is 0 Å². The third kappa shape index (κ3) is 2.81. The zero-order valence-electron chi connectivity index (χ0n) is 10.3. The Bertz CT molecular complexity index is 426. The Hall–Kier alpha value is -0.580. The van der Waals surface area contributed by atoms with Gasteiger partial charge in [0.2, 0.25) is 0 Å². The molecule has 1 fully saturated rings. The second kappa shape index (κ2) is 5.38. The predicted molar refractivity (Wildman–Crippen MR) is 78.2 cm³/mol. The Labute approximate surface area is 116 Å². The summed E-state index contributed by atoms with van der Waals surface area (Å²) in [6.07, 6.45) is 3.82. The highest BCUT2D eigenvalue weighted by atomic mass is 127. The average molecular weight is 343 g/mol. The van der Waals surface area contributed by atoms with Crippen LogP contribution in [-0.4, -0.2) is 11.9 Å². The van der Waals surface area contributed by atoms with Gasteiger partial charge in [0, 0.05) is 9.61 Å². The second-order valence-corrected chi connectivity index (χ2v) is 5.97. The highest BCUT2D eigenvalue weighted by Crippen LogP contribution is 2.29. The summed E-state index contributed by atoms with van der Waals surface area (Å²) in [6.45, 7) is 4.15. The molecule has 0 bridgehead atoms. The van der Waals surface area contributed by atoms with Crippen molar-refractivity contribution in [1.29, 1.82) is 0 Å². The van der Waals surface area contributed by atoms with Gasteiger partial charge >= 0.3 is 0 Å². The molecule has 2 nitrogen and oxygen atoms in total. The number of aryl methyl sites for hydroxylation is 1. The predicted octanol–water partition coefficient (Wildman–Crippen LogP) is 3.52. The van der Waals surface area contributed by atoms with Gasteiger partial charge in [-0.2, -0.15) is 0 Å². The van der Waals surface area contributed by atoms with Gasteiger partial charge in [-0.05, 0) is 66.8 Å². The van der Waals surface area contributed by atoms with E-state index in [0.29, 0.717) is 12.0 Å². The number of nitrogens with one attached hydrogen (secondary N) is 1. The molecule has 0 radical (unpaired) electrons. The summed E-state index contributed by atoms with van der Waals surface area (Å²) in [7, 11) is 0. The highest BCUT2D eigenvalue weighted by molar-refractivity contribution is 14.1. The Balaban J connectivity index is 2.06. The van der Waals surface area contributed by atoms with E-state index in [2.05, 4.69) is 34.8 Å². The van der Waals surface area contributed by atoms with Crippen molar-refractivity contribution in [3.05, 3.63) is 32.9 Å². The summed E-state index contributed by atoms with van der Waals surface area (Å²) in [4.78, 5) is 12.2. The van der Waals surface area contributed by atoms with Gasteiger partial charge in [-0.25, -0.2) is 0 Å². The van der Waals surface area contributed by atoms with Crippen LogP contribution in [0, 0.1) is 16.4 Å². The van der Waals surface area contributed by atoms with Crippen LogP contribution in [0.2, 0.25) is 0 Å². The molecule has 0 spiro atoms. The van der Waals surface area contributed by atoms with E-state index in [1.54, 1.807) is 0 Å². The molecule has 17 heavy (non-hydrogen) atoms. The molecule has 92 valence electrons. The van der Waals surface area contributed by atoms with E-state index >= 15 is 0 Å². The maximum Gasteiger partial charge on any atom is 0.252 e. The van der Waals surface area contributed by atoms with Crippen LogP contribution in [0.1, 0.15) is 42.1 Å². The Morgan fingerprint density at radius 1 is 1.47 bits per heavy atom. The van der Waals surface area contributed by atoms with Crippen LogP contribution in [0.15, 0.2) is 18.2 Å². The number of carbonyl (C=O) groups excluding carboxylic acids is 1. The molecule has 2 rings (SSSR count). The van der Waals surface area contributed by atoms with Crippen LogP contribution in [-0.2, 0) is 0 Å². The fourth-order valence-corrected chi connectivity index (χ4v) is 2.77. The molecule has 1 aromatic carbocycles. The van der Waals surface area contributed by atoms with Crippen molar-refractivity contribution < 1.29 is 4.79 Å². The van der Waals surface area contributed by atoms with Crippen molar-refractivity contribution in [3.8, 4) is 0 Å². The van der Waals surface area contributed by atoms with Gasteiger partial charge in [-0.1, -0.05) is 18.6 Å². The lowest BCUT2D eigenvalue weighted by atomic mass is 9.80. The Morgan fingerprint density at radius 2 is 2.18 bits per heavy atom. The minimum atomic E-state index is 0.0671. The maximum absolute atomic E-state index is 12.2. The number of halogens is 1. The van der Waals surface area contributed by atoms with Crippen LogP contribution in [0.4, 0.5) is 0 Å². The number of carbonyl (C=O) groups is 1. The SMILES string of the molecule is Cc1cccc(C(=O)NC(C)C2CCC2)c1I. The van der Waals surface area contributed by atoms with E-state index in [9.17, 15) is 4.79 Å². The standard InChI is InChI=1S/C14H18INO/c1-9-5-3-8-12(13(9)15)14(17)16-10(2)11-6-4-7-11/h3,5,8,10-11H,4,6-7H2,1-2H3,(H,16,17). The van der Waals surface area contributed by atoms with Crippen LogP contribution >= 0.6 is 22.6 Å². The third-order valence-electron chi connectivity index (χ3n) is 3.65. The first-order valence-corrected chi connectivity index (χ1v) is 7.23. The summed E-state index contributed by atoms with van der Waals surface area (Å²) in [5.74, 6) is 0.749. The van der Waals surface area contributed by atoms with Gasteiger partial charge in [0.15, 0.2) is 0 Å². The molecule has 0 heterocycles. The van der Waals surface area contributed by atoms with Gasteiger partial charge in [0.05, 0.1) is 5.56 Å². The molecule has 3 heteroatoms. The molecule has 0 aromatic heterocycles. The van der Waals surface area contributed by atoms with Crippen molar-refractivity contribution >= 4 is 28.5 Å². The fourth-order valence-electron chi connectivity index (χ4n) is 2.16.